The fourth-order valence-corrected chi connectivity index (χ4v) is 4.00. The molecule has 6 nitrogen and oxygen atoms in total. The normalized spacial score (nSPS) is 19.8. The maximum absolute atomic E-state index is 12.7. The smallest absolute Gasteiger partial charge is 0.258 e. The number of aromatic amines is 1. The number of aromatic nitrogens is 2. The molecule has 1 saturated carbocycles. The second-order valence-electron chi connectivity index (χ2n) is 8.03. The van der Waals surface area contributed by atoms with Crippen LogP contribution in [-0.2, 0) is 11.3 Å². The number of para-hydroxylation sites is 1. The molecule has 1 aromatic heterocycles. The van der Waals surface area contributed by atoms with Crippen molar-refractivity contribution in [1.29, 1.82) is 0 Å². The maximum atomic E-state index is 12.7. The molecule has 0 unspecified atom stereocenters. The summed E-state index contributed by atoms with van der Waals surface area (Å²) in [4.78, 5) is 34.5. The van der Waals surface area contributed by atoms with Crippen LogP contribution in [0.25, 0.3) is 10.9 Å². The zero-order valence-corrected chi connectivity index (χ0v) is 17.0. The molecular weight excluding hydrogens is 352 g/mol. The molecule has 3 rings (SSSR count). The van der Waals surface area contributed by atoms with E-state index in [1.165, 1.54) is 19.3 Å². The Kier molecular flexibility index (Phi) is 7.20. The van der Waals surface area contributed by atoms with Gasteiger partial charge in [-0.25, -0.2) is 4.98 Å². The Labute approximate surface area is 166 Å². The minimum atomic E-state index is -0.128. The summed E-state index contributed by atoms with van der Waals surface area (Å²) in [6.45, 7) is 5.97. The molecular formula is C22H32N4O2. The molecule has 28 heavy (non-hydrogen) atoms. The van der Waals surface area contributed by atoms with Crippen molar-refractivity contribution >= 4 is 16.8 Å². The predicted octanol–water partition coefficient (Wildman–Crippen LogP) is 3.22. The number of nitrogens with zero attached hydrogens (tertiary/aromatic N) is 2. The van der Waals surface area contributed by atoms with Gasteiger partial charge in [-0.3, -0.25) is 14.5 Å². The molecule has 152 valence electrons. The van der Waals surface area contributed by atoms with E-state index in [-0.39, 0.29) is 17.5 Å². The summed E-state index contributed by atoms with van der Waals surface area (Å²) in [5.41, 5.74) is 0.564. The second kappa shape index (κ2) is 9.82. The van der Waals surface area contributed by atoms with Gasteiger partial charge in [0.15, 0.2) is 0 Å². The quantitative estimate of drug-likeness (QED) is 0.732. The molecule has 2 atom stereocenters. The number of fused-ring (bicyclic) bond motifs is 1. The lowest BCUT2D eigenvalue weighted by Gasteiger charge is -2.30. The van der Waals surface area contributed by atoms with Gasteiger partial charge in [0.05, 0.1) is 24.0 Å². The van der Waals surface area contributed by atoms with Crippen molar-refractivity contribution in [2.75, 3.05) is 13.1 Å². The molecule has 1 aliphatic carbocycles. The summed E-state index contributed by atoms with van der Waals surface area (Å²) in [7, 11) is 0. The molecule has 0 spiro atoms. The molecule has 1 aliphatic rings. The van der Waals surface area contributed by atoms with E-state index in [0.717, 1.165) is 25.8 Å². The highest BCUT2D eigenvalue weighted by Crippen LogP contribution is 2.23. The van der Waals surface area contributed by atoms with Crippen molar-refractivity contribution in [3.63, 3.8) is 0 Å². The lowest BCUT2D eigenvalue weighted by atomic mass is 9.86. The number of unbranched alkanes of at least 4 members (excludes halogenated alkanes) is 1. The van der Waals surface area contributed by atoms with Crippen LogP contribution in [0, 0.1) is 5.92 Å². The first kappa shape index (κ1) is 20.5. The van der Waals surface area contributed by atoms with Gasteiger partial charge in [0.2, 0.25) is 5.91 Å². The molecule has 1 fully saturated rings. The maximum Gasteiger partial charge on any atom is 0.258 e. The highest BCUT2D eigenvalue weighted by molar-refractivity contribution is 5.78. The number of nitrogens with one attached hydrogen (secondary N) is 2. The standard InChI is InChI=1S/C22H32N4O2/c1-3-4-13-26(15-21(27)24-18-11-7-5-9-16(18)2)14-20-23-19-12-8-6-10-17(19)22(28)25-20/h6,8,10,12,16,18H,3-5,7,9,11,13-15H2,1-2H3,(H,24,27)(H,23,25,28)/t16-,18-/m0/s1. The Bertz CT molecular complexity index is 848. The van der Waals surface area contributed by atoms with E-state index in [1.54, 1.807) is 6.07 Å². The lowest BCUT2D eigenvalue weighted by molar-refractivity contribution is -0.123. The van der Waals surface area contributed by atoms with E-state index < -0.39 is 0 Å². The Hall–Kier alpha value is -2.21. The predicted molar refractivity (Wildman–Crippen MR) is 112 cm³/mol. The van der Waals surface area contributed by atoms with Gasteiger partial charge in [0, 0.05) is 6.04 Å². The highest BCUT2D eigenvalue weighted by Gasteiger charge is 2.23. The Balaban J connectivity index is 1.68. The van der Waals surface area contributed by atoms with Crippen LogP contribution < -0.4 is 10.9 Å². The first-order chi connectivity index (χ1) is 13.6. The number of carbonyl (C=O) groups excluding carboxylic acids is 1. The molecule has 0 saturated heterocycles. The number of H-pyrrole nitrogens is 1. The van der Waals surface area contributed by atoms with Gasteiger partial charge in [-0.15, -0.1) is 0 Å². The zero-order valence-electron chi connectivity index (χ0n) is 17.0. The SMILES string of the molecule is CCCCN(CC(=O)N[C@H]1CCCC[C@@H]1C)Cc1nc2ccccc2c(=O)[nH]1. The van der Waals surface area contributed by atoms with Crippen molar-refractivity contribution < 1.29 is 4.79 Å². The fourth-order valence-electron chi connectivity index (χ4n) is 4.00. The first-order valence-corrected chi connectivity index (χ1v) is 10.6. The summed E-state index contributed by atoms with van der Waals surface area (Å²) < 4.78 is 0. The van der Waals surface area contributed by atoms with Crippen LogP contribution in [0.4, 0.5) is 0 Å². The Morgan fingerprint density at radius 3 is 2.86 bits per heavy atom. The number of rotatable bonds is 8. The van der Waals surface area contributed by atoms with Gasteiger partial charge in [0.25, 0.3) is 5.56 Å². The van der Waals surface area contributed by atoms with E-state index in [0.29, 0.717) is 35.7 Å². The first-order valence-electron chi connectivity index (χ1n) is 10.6. The number of hydrogen-bond donors (Lipinski definition) is 2. The van der Waals surface area contributed by atoms with E-state index >= 15 is 0 Å². The molecule has 1 amide bonds. The molecule has 2 N–H and O–H groups in total. The van der Waals surface area contributed by atoms with E-state index in [9.17, 15) is 9.59 Å². The average Bonchev–Trinajstić information content (AvgIpc) is 2.68. The molecule has 6 heteroatoms. The average molecular weight is 385 g/mol. The molecule has 0 radical (unpaired) electrons. The summed E-state index contributed by atoms with van der Waals surface area (Å²) in [5.74, 6) is 1.22. The number of amides is 1. The van der Waals surface area contributed by atoms with E-state index in [1.807, 2.05) is 18.2 Å². The number of carbonyl (C=O) groups is 1. The van der Waals surface area contributed by atoms with Crippen LogP contribution in [0.5, 0.6) is 0 Å². The monoisotopic (exact) mass is 384 g/mol. The van der Waals surface area contributed by atoms with Gasteiger partial charge in [-0.05, 0) is 43.9 Å². The summed E-state index contributed by atoms with van der Waals surface area (Å²) >= 11 is 0. The third-order valence-corrected chi connectivity index (χ3v) is 5.69. The number of benzene rings is 1. The molecule has 1 heterocycles. The van der Waals surface area contributed by atoms with Crippen LogP contribution in [0.2, 0.25) is 0 Å². The van der Waals surface area contributed by atoms with Crippen LogP contribution in [0.15, 0.2) is 29.1 Å². The van der Waals surface area contributed by atoms with Gasteiger partial charge in [0.1, 0.15) is 5.82 Å². The van der Waals surface area contributed by atoms with Crippen molar-refractivity contribution in [3.05, 3.63) is 40.4 Å². The largest absolute Gasteiger partial charge is 0.352 e. The second-order valence-corrected chi connectivity index (χ2v) is 8.03. The van der Waals surface area contributed by atoms with Crippen LogP contribution >= 0.6 is 0 Å². The summed E-state index contributed by atoms with van der Waals surface area (Å²) in [6.07, 6.45) is 6.77. The van der Waals surface area contributed by atoms with Gasteiger partial charge >= 0.3 is 0 Å². The minimum absolute atomic E-state index is 0.0676. The topological polar surface area (TPSA) is 78.1 Å². The third kappa shape index (κ3) is 5.41. The van der Waals surface area contributed by atoms with E-state index in [4.69, 9.17) is 0 Å². The molecule has 1 aromatic carbocycles. The van der Waals surface area contributed by atoms with Crippen LogP contribution in [-0.4, -0.2) is 39.9 Å². The third-order valence-electron chi connectivity index (χ3n) is 5.69. The van der Waals surface area contributed by atoms with Crippen molar-refractivity contribution in [1.82, 2.24) is 20.2 Å². The zero-order chi connectivity index (χ0) is 19.9. The van der Waals surface area contributed by atoms with Crippen LogP contribution in [0.1, 0.15) is 58.2 Å². The summed E-state index contributed by atoms with van der Waals surface area (Å²) in [5, 5.41) is 3.82. The van der Waals surface area contributed by atoms with Crippen molar-refractivity contribution in [2.45, 2.75) is 65.0 Å². The van der Waals surface area contributed by atoms with Gasteiger partial charge < -0.3 is 10.3 Å². The molecule has 2 aromatic rings. The Morgan fingerprint density at radius 2 is 2.07 bits per heavy atom. The van der Waals surface area contributed by atoms with Gasteiger partial charge in [-0.1, -0.05) is 45.2 Å². The molecule has 0 aliphatic heterocycles. The number of hydrogen-bond acceptors (Lipinski definition) is 4. The minimum Gasteiger partial charge on any atom is -0.352 e. The van der Waals surface area contributed by atoms with Gasteiger partial charge in [-0.2, -0.15) is 0 Å². The van der Waals surface area contributed by atoms with Crippen molar-refractivity contribution in [2.24, 2.45) is 5.92 Å². The lowest BCUT2D eigenvalue weighted by Crippen LogP contribution is -2.45. The highest BCUT2D eigenvalue weighted by atomic mass is 16.2. The fraction of sp³-hybridized carbons (Fsp3) is 0.591. The summed E-state index contributed by atoms with van der Waals surface area (Å²) in [6, 6.07) is 7.63. The Morgan fingerprint density at radius 1 is 1.29 bits per heavy atom. The van der Waals surface area contributed by atoms with Crippen LogP contribution in [0.3, 0.4) is 0 Å². The van der Waals surface area contributed by atoms with E-state index in [2.05, 4.69) is 34.0 Å². The molecule has 0 bridgehead atoms. The van der Waals surface area contributed by atoms with Crippen molar-refractivity contribution in [3.8, 4) is 0 Å².